The summed E-state index contributed by atoms with van der Waals surface area (Å²) in [4.78, 5) is 0. The molecule has 0 saturated heterocycles. The monoisotopic (exact) mass is 268 g/mol. The molecular weight excluding hydrogens is 244 g/mol. The molecule has 1 rings (SSSR count). The van der Waals surface area contributed by atoms with E-state index in [0.29, 0.717) is 5.92 Å². The van der Waals surface area contributed by atoms with Gasteiger partial charge in [-0.3, -0.25) is 0 Å². The molecule has 0 fully saturated rings. The highest BCUT2D eigenvalue weighted by atomic mass is 32.2. The summed E-state index contributed by atoms with van der Waals surface area (Å²) in [6, 6.07) is 4.04. The Balaban J connectivity index is 2.73. The molecule has 1 N–H and O–H groups in total. The van der Waals surface area contributed by atoms with Gasteiger partial charge in [-0.15, -0.1) is 0 Å². The quantitative estimate of drug-likeness (QED) is 0.852. The van der Waals surface area contributed by atoms with Crippen molar-refractivity contribution in [2.75, 3.05) is 18.6 Å². The van der Waals surface area contributed by atoms with Crippen LogP contribution in [0.4, 0.5) is 0 Å². The van der Waals surface area contributed by atoms with Gasteiger partial charge in [0.15, 0.2) is 0 Å². The molecule has 0 aliphatic carbocycles. The average molecular weight is 268 g/mol. The van der Waals surface area contributed by atoms with Gasteiger partial charge in [0.25, 0.3) is 0 Å². The smallest absolute Gasteiger partial charge is 0.122 e. The van der Waals surface area contributed by atoms with Gasteiger partial charge in [-0.2, -0.15) is 11.8 Å². The minimum Gasteiger partial charge on any atom is -0.496 e. The molecule has 102 valence electrons. The third-order valence-corrected chi connectivity index (χ3v) is 4.32. The van der Waals surface area contributed by atoms with Crippen molar-refractivity contribution in [1.82, 2.24) is 0 Å². The zero-order valence-corrected chi connectivity index (χ0v) is 12.8. The fourth-order valence-electron chi connectivity index (χ4n) is 1.90. The van der Waals surface area contributed by atoms with Gasteiger partial charge in [0, 0.05) is 5.75 Å². The number of benzene rings is 1. The van der Waals surface area contributed by atoms with E-state index >= 15 is 0 Å². The Morgan fingerprint density at radius 2 is 1.83 bits per heavy atom. The van der Waals surface area contributed by atoms with Crippen molar-refractivity contribution in [2.45, 2.75) is 33.8 Å². The van der Waals surface area contributed by atoms with Gasteiger partial charge in [0.2, 0.25) is 0 Å². The van der Waals surface area contributed by atoms with E-state index < -0.39 is 6.10 Å². The third-order valence-electron chi connectivity index (χ3n) is 2.87. The van der Waals surface area contributed by atoms with Crippen molar-refractivity contribution in [3.8, 4) is 5.75 Å². The van der Waals surface area contributed by atoms with Gasteiger partial charge in [-0.05, 0) is 54.3 Å². The van der Waals surface area contributed by atoms with Gasteiger partial charge in [-0.25, -0.2) is 0 Å². The van der Waals surface area contributed by atoms with E-state index in [1.165, 1.54) is 0 Å². The number of ether oxygens (including phenoxy) is 1. The van der Waals surface area contributed by atoms with Crippen LogP contribution < -0.4 is 4.74 Å². The van der Waals surface area contributed by atoms with E-state index in [2.05, 4.69) is 13.8 Å². The largest absolute Gasteiger partial charge is 0.496 e. The number of aryl methyl sites for hydroxylation is 2. The first-order valence-electron chi connectivity index (χ1n) is 6.36. The van der Waals surface area contributed by atoms with E-state index in [0.717, 1.165) is 33.9 Å². The van der Waals surface area contributed by atoms with Gasteiger partial charge in [0.1, 0.15) is 5.75 Å². The number of hydrogen-bond donors (Lipinski definition) is 1. The number of aliphatic hydroxyl groups is 1. The number of thioether (sulfide) groups is 1. The molecule has 0 saturated carbocycles. The van der Waals surface area contributed by atoms with Crippen LogP contribution in [-0.2, 0) is 0 Å². The molecule has 0 heterocycles. The summed E-state index contributed by atoms with van der Waals surface area (Å²) in [5.74, 6) is 3.40. The van der Waals surface area contributed by atoms with E-state index in [1.807, 2.05) is 37.7 Å². The van der Waals surface area contributed by atoms with Gasteiger partial charge in [0.05, 0.1) is 13.2 Å². The Kier molecular flexibility index (Phi) is 6.03. The topological polar surface area (TPSA) is 29.5 Å². The number of aliphatic hydroxyl groups excluding tert-OH is 1. The molecule has 0 aliphatic heterocycles. The molecule has 1 aromatic rings. The van der Waals surface area contributed by atoms with Gasteiger partial charge >= 0.3 is 0 Å². The normalized spacial score (nSPS) is 12.8. The van der Waals surface area contributed by atoms with Crippen LogP contribution in [0, 0.1) is 19.8 Å². The van der Waals surface area contributed by atoms with Gasteiger partial charge in [-0.1, -0.05) is 13.8 Å². The average Bonchev–Trinajstić information content (AvgIpc) is 2.30. The minimum atomic E-state index is -0.390. The zero-order valence-electron chi connectivity index (χ0n) is 12.0. The Bertz CT molecular complexity index is 388. The van der Waals surface area contributed by atoms with Crippen molar-refractivity contribution >= 4 is 11.8 Å². The van der Waals surface area contributed by atoms with Gasteiger partial charge < -0.3 is 9.84 Å². The fourth-order valence-corrected chi connectivity index (χ4v) is 2.91. The highest BCUT2D eigenvalue weighted by Crippen LogP contribution is 2.28. The van der Waals surface area contributed by atoms with Crippen LogP contribution in [0.2, 0.25) is 0 Å². The Morgan fingerprint density at radius 1 is 1.17 bits per heavy atom. The highest BCUT2D eigenvalue weighted by molar-refractivity contribution is 7.99. The molecule has 3 heteroatoms. The first-order chi connectivity index (χ1) is 8.45. The molecule has 1 aromatic carbocycles. The molecule has 0 aliphatic rings. The molecule has 2 nitrogen and oxygen atoms in total. The summed E-state index contributed by atoms with van der Waals surface area (Å²) >= 11 is 1.81. The molecule has 18 heavy (non-hydrogen) atoms. The maximum atomic E-state index is 10.2. The molecule has 1 unspecified atom stereocenters. The maximum absolute atomic E-state index is 10.2. The van der Waals surface area contributed by atoms with Crippen LogP contribution in [-0.4, -0.2) is 23.7 Å². The molecular formula is C15H24O2S. The standard InChI is InChI=1S/C15H24O2S/c1-10(2)8-18-9-14(16)13-6-12(4)15(17-5)7-11(13)3/h6-7,10,14,16H,8-9H2,1-5H3. The molecule has 0 aromatic heterocycles. The summed E-state index contributed by atoms with van der Waals surface area (Å²) in [7, 11) is 1.68. The van der Waals surface area contributed by atoms with Crippen LogP contribution >= 0.6 is 11.8 Å². The third kappa shape index (κ3) is 4.21. The van der Waals surface area contributed by atoms with Crippen molar-refractivity contribution in [3.05, 3.63) is 28.8 Å². The fraction of sp³-hybridized carbons (Fsp3) is 0.600. The Labute approximate surface area is 115 Å². The van der Waals surface area contributed by atoms with Crippen molar-refractivity contribution in [2.24, 2.45) is 5.92 Å². The van der Waals surface area contributed by atoms with Crippen molar-refractivity contribution in [1.29, 1.82) is 0 Å². The van der Waals surface area contributed by atoms with E-state index in [4.69, 9.17) is 4.74 Å². The molecule has 0 bridgehead atoms. The highest BCUT2D eigenvalue weighted by Gasteiger charge is 2.13. The number of rotatable bonds is 6. The van der Waals surface area contributed by atoms with E-state index in [9.17, 15) is 5.11 Å². The second-order valence-corrected chi connectivity index (χ2v) is 6.20. The lowest BCUT2D eigenvalue weighted by atomic mass is 10.0. The van der Waals surface area contributed by atoms with Crippen LogP contribution in [0.5, 0.6) is 5.75 Å². The summed E-state index contributed by atoms with van der Waals surface area (Å²) in [5.41, 5.74) is 3.19. The maximum Gasteiger partial charge on any atom is 0.122 e. The molecule has 1 atom stereocenters. The van der Waals surface area contributed by atoms with Crippen LogP contribution in [0.3, 0.4) is 0 Å². The lowest BCUT2D eigenvalue weighted by Gasteiger charge is -2.16. The van der Waals surface area contributed by atoms with Crippen LogP contribution in [0.15, 0.2) is 12.1 Å². The molecule has 0 radical (unpaired) electrons. The SMILES string of the molecule is COc1cc(C)c(C(O)CSCC(C)C)cc1C. The van der Waals surface area contributed by atoms with Crippen LogP contribution in [0.1, 0.15) is 36.6 Å². The predicted octanol–water partition coefficient (Wildman–Crippen LogP) is 3.73. The summed E-state index contributed by atoms with van der Waals surface area (Å²) in [6.07, 6.45) is -0.390. The van der Waals surface area contributed by atoms with Crippen molar-refractivity contribution < 1.29 is 9.84 Å². The second kappa shape index (κ2) is 7.05. The summed E-state index contributed by atoms with van der Waals surface area (Å²) < 4.78 is 5.29. The zero-order chi connectivity index (χ0) is 13.7. The molecule has 0 amide bonds. The van der Waals surface area contributed by atoms with E-state index in [-0.39, 0.29) is 0 Å². The predicted molar refractivity (Wildman–Crippen MR) is 79.6 cm³/mol. The second-order valence-electron chi connectivity index (χ2n) is 5.13. The number of methoxy groups -OCH3 is 1. The molecule has 0 spiro atoms. The first-order valence-corrected chi connectivity index (χ1v) is 7.52. The van der Waals surface area contributed by atoms with E-state index in [1.54, 1.807) is 7.11 Å². The number of hydrogen-bond acceptors (Lipinski definition) is 3. The van der Waals surface area contributed by atoms with Crippen LogP contribution in [0.25, 0.3) is 0 Å². The Hall–Kier alpha value is -0.670. The Morgan fingerprint density at radius 3 is 2.39 bits per heavy atom. The van der Waals surface area contributed by atoms with Crippen molar-refractivity contribution in [3.63, 3.8) is 0 Å². The summed E-state index contributed by atoms with van der Waals surface area (Å²) in [6.45, 7) is 8.42. The first kappa shape index (κ1) is 15.4. The summed E-state index contributed by atoms with van der Waals surface area (Å²) in [5, 5.41) is 10.2. The lowest BCUT2D eigenvalue weighted by Crippen LogP contribution is -2.06. The minimum absolute atomic E-state index is 0.390. The lowest BCUT2D eigenvalue weighted by molar-refractivity contribution is 0.203.